The highest BCUT2D eigenvalue weighted by molar-refractivity contribution is 5.87. The van der Waals surface area contributed by atoms with E-state index in [9.17, 15) is 9.59 Å². The van der Waals surface area contributed by atoms with Crippen molar-refractivity contribution in [2.24, 2.45) is 0 Å². The van der Waals surface area contributed by atoms with E-state index in [1.807, 2.05) is 12.1 Å². The molecule has 0 atom stereocenters. The normalized spacial score (nSPS) is 10.1. The number of benzene rings is 2. The molecule has 0 radical (unpaired) electrons. The summed E-state index contributed by atoms with van der Waals surface area (Å²) in [5.41, 5.74) is 3.52. The third-order valence-corrected chi connectivity index (χ3v) is 3.60. The van der Waals surface area contributed by atoms with E-state index in [4.69, 9.17) is 5.11 Å². The summed E-state index contributed by atoms with van der Waals surface area (Å²) in [7, 11) is 0. The van der Waals surface area contributed by atoms with Crippen molar-refractivity contribution in [3.63, 3.8) is 0 Å². The third kappa shape index (κ3) is 5.14. The number of aromatic carboxylic acids is 1. The Morgan fingerprint density at radius 2 is 1.70 bits per heavy atom. The maximum atomic E-state index is 11.8. The van der Waals surface area contributed by atoms with Gasteiger partial charge in [0, 0.05) is 13.1 Å². The van der Waals surface area contributed by atoms with E-state index in [-0.39, 0.29) is 11.6 Å². The molecule has 2 rings (SSSR count). The number of carboxylic acid groups (broad SMARTS) is 1. The van der Waals surface area contributed by atoms with Crippen molar-refractivity contribution in [3.05, 3.63) is 70.8 Å². The Bertz CT molecular complexity index is 681. The third-order valence-electron chi connectivity index (χ3n) is 3.60. The monoisotopic (exact) mass is 312 g/mol. The second-order valence-electron chi connectivity index (χ2n) is 5.29. The van der Waals surface area contributed by atoms with E-state index in [0.29, 0.717) is 13.1 Å². The fraction of sp³-hybridized carbons (Fsp3) is 0.222. The molecule has 3 N–H and O–H groups in total. The molecule has 23 heavy (non-hydrogen) atoms. The molecule has 0 fully saturated rings. The summed E-state index contributed by atoms with van der Waals surface area (Å²) in [5.74, 6) is -0.960. The zero-order valence-electron chi connectivity index (χ0n) is 13.0. The van der Waals surface area contributed by atoms with E-state index in [1.165, 1.54) is 23.3 Å². The summed E-state index contributed by atoms with van der Waals surface area (Å²) in [6.45, 7) is 2.97. The molecule has 2 aromatic rings. The molecule has 5 nitrogen and oxygen atoms in total. The van der Waals surface area contributed by atoms with Crippen LogP contribution in [0.25, 0.3) is 0 Å². The first-order valence-corrected chi connectivity index (χ1v) is 7.44. The molecule has 0 aliphatic carbocycles. The summed E-state index contributed by atoms with van der Waals surface area (Å²) in [4.78, 5) is 22.5. The van der Waals surface area contributed by atoms with Gasteiger partial charge in [-0.05, 0) is 42.2 Å². The summed E-state index contributed by atoms with van der Waals surface area (Å²) in [6.07, 6.45) is 0.785. The molecule has 0 aliphatic heterocycles. The Balaban J connectivity index is 1.73. The number of amides is 2. The van der Waals surface area contributed by atoms with E-state index in [0.717, 1.165) is 12.0 Å². The van der Waals surface area contributed by atoms with Crippen LogP contribution in [-0.2, 0) is 13.0 Å². The van der Waals surface area contributed by atoms with E-state index < -0.39 is 5.97 Å². The number of nitrogens with one attached hydrogen (secondary N) is 2. The van der Waals surface area contributed by atoms with Crippen LogP contribution in [0.2, 0.25) is 0 Å². The fourth-order valence-electron chi connectivity index (χ4n) is 2.21. The van der Waals surface area contributed by atoms with Crippen LogP contribution in [0.1, 0.15) is 27.0 Å². The highest BCUT2D eigenvalue weighted by Gasteiger charge is 2.04. The molecule has 120 valence electrons. The Morgan fingerprint density at radius 3 is 2.35 bits per heavy atom. The van der Waals surface area contributed by atoms with Gasteiger partial charge in [0.25, 0.3) is 0 Å². The van der Waals surface area contributed by atoms with E-state index >= 15 is 0 Å². The number of hydrogen-bond donors (Lipinski definition) is 3. The second-order valence-corrected chi connectivity index (χ2v) is 5.29. The summed E-state index contributed by atoms with van der Waals surface area (Å²) in [6, 6.07) is 14.3. The SMILES string of the molecule is Cc1ccccc1CCNC(=O)NCc1ccc(C(=O)O)cc1. The molecule has 2 amide bonds. The second kappa shape index (κ2) is 7.98. The van der Waals surface area contributed by atoms with Gasteiger partial charge in [0.05, 0.1) is 5.56 Å². The van der Waals surface area contributed by atoms with Crippen LogP contribution in [-0.4, -0.2) is 23.7 Å². The Morgan fingerprint density at radius 1 is 1.00 bits per heavy atom. The molecule has 0 spiro atoms. The molecule has 2 aromatic carbocycles. The van der Waals surface area contributed by atoms with Crippen molar-refractivity contribution >= 4 is 12.0 Å². The topological polar surface area (TPSA) is 78.4 Å². The van der Waals surface area contributed by atoms with Gasteiger partial charge < -0.3 is 15.7 Å². The molecular formula is C18H20N2O3. The average molecular weight is 312 g/mol. The van der Waals surface area contributed by atoms with Gasteiger partial charge >= 0.3 is 12.0 Å². The zero-order chi connectivity index (χ0) is 16.7. The molecule has 0 saturated carbocycles. The lowest BCUT2D eigenvalue weighted by molar-refractivity contribution is 0.0697. The molecule has 0 aromatic heterocycles. The van der Waals surface area contributed by atoms with Crippen molar-refractivity contribution in [1.82, 2.24) is 10.6 Å². The van der Waals surface area contributed by atoms with Gasteiger partial charge in [0.1, 0.15) is 0 Å². The molecule has 5 heteroatoms. The predicted octanol–water partition coefficient (Wildman–Crippen LogP) is 2.74. The lowest BCUT2D eigenvalue weighted by Crippen LogP contribution is -2.36. The highest BCUT2D eigenvalue weighted by Crippen LogP contribution is 2.07. The van der Waals surface area contributed by atoms with Crippen LogP contribution in [0.5, 0.6) is 0 Å². The molecule has 0 bridgehead atoms. The average Bonchev–Trinajstić information content (AvgIpc) is 2.55. The van der Waals surface area contributed by atoms with Crippen molar-refractivity contribution in [1.29, 1.82) is 0 Å². The van der Waals surface area contributed by atoms with Gasteiger partial charge in [-0.2, -0.15) is 0 Å². The minimum Gasteiger partial charge on any atom is -0.478 e. The van der Waals surface area contributed by atoms with E-state index in [1.54, 1.807) is 12.1 Å². The van der Waals surface area contributed by atoms with Gasteiger partial charge in [-0.15, -0.1) is 0 Å². The number of carbonyl (C=O) groups is 2. The first-order chi connectivity index (χ1) is 11.1. The Hall–Kier alpha value is -2.82. The summed E-state index contributed by atoms with van der Waals surface area (Å²) < 4.78 is 0. The van der Waals surface area contributed by atoms with Crippen molar-refractivity contribution in [2.75, 3.05) is 6.54 Å². The fourth-order valence-corrected chi connectivity index (χ4v) is 2.21. The van der Waals surface area contributed by atoms with Crippen molar-refractivity contribution in [3.8, 4) is 0 Å². The molecule has 0 aliphatic rings. The number of carboxylic acids is 1. The van der Waals surface area contributed by atoms with Crippen LogP contribution in [0.15, 0.2) is 48.5 Å². The van der Waals surface area contributed by atoms with E-state index in [2.05, 4.69) is 29.7 Å². The predicted molar refractivity (Wildman–Crippen MR) is 88.5 cm³/mol. The molecule has 0 unspecified atom stereocenters. The van der Waals surface area contributed by atoms with Gasteiger partial charge in [-0.3, -0.25) is 0 Å². The number of hydrogen-bond acceptors (Lipinski definition) is 2. The molecule has 0 heterocycles. The van der Waals surface area contributed by atoms with Crippen LogP contribution >= 0.6 is 0 Å². The minimum atomic E-state index is -0.960. The summed E-state index contributed by atoms with van der Waals surface area (Å²) >= 11 is 0. The smallest absolute Gasteiger partial charge is 0.335 e. The maximum Gasteiger partial charge on any atom is 0.335 e. The molecular weight excluding hydrogens is 292 g/mol. The van der Waals surface area contributed by atoms with Gasteiger partial charge in [-0.1, -0.05) is 36.4 Å². The van der Waals surface area contributed by atoms with Gasteiger partial charge in [0.2, 0.25) is 0 Å². The van der Waals surface area contributed by atoms with Gasteiger partial charge in [-0.25, -0.2) is 9.59 Å². The lowest BCUT2D eigenvalue weighted by Gasteiger charge is -2.09. The highest BCUT2D eigenvalue weighted by atomic mass is 16.4. The zero-order valence-corrected chi connectivity index (χ0v) is 13.0. The van der Waals surface area contributed by atoms with Crippen LogP contribution in [0, 0.1) is 6.92 Å². The lowest BCUT2D eigenvalue weighted by atomic mass is 10.1. The van der Waals surface area contributed by atoms with Crippen molar-refractivity contribution in [2.45, 2.75) is 19.9 Å². The van der Waals surface area contributed by atoms with Crippen LogP contribution < -0.4 is 10.6 Å². The number of rotatable bonds is 6. The van der Waals surface area contributed by atoms with Gasteiger partial charge in [0.15, 0.2) is 0 Å². The molecule has 0 saturated heterocycles. The number of aryl methyl sites for hydroxylation is 1. The summed E-state index contributed by atoms with van der Waals surface area (Å²) in [5, 5.41) is 14.4. The quantitative estimate of drug-likeness (QED) is 0.767. The Labute approximate surface area is 135 Å². The largest absolute Gasteiger partial charge is 0.478 e. The Kier molecular flexibility index (Phi) is 5.74. The first-order valence-electron chi connectivity index (χ1n) is 7.44. The maximum absolute atomic E-state index is 11.8. The van der Waals surface area contributed by atoms with Crippen molar-refractivity contribution < 1.29 is 14.7 Å². The standard InChI is InChI=1S/C18H20N2O3/c1-13-4-2-3-5-15(13)10-11-19-18(23)20-12-14-6-8-16(9-7-14)17(21)22/h2-9H,10-12H2,1H3,(H,21,22)(H2,19,20,23). The number of urea groups is 1. The van der Waals surface area contributed by atoms with Crippen LogP contribution in [0.4, 0.5) is 4.79 Å². The number of carbonyl (C=O) groups excluding carboxylic acids is 1. The van der Waals surface area contributed by atoms with Crippen LogP contribution in [0.3, 0.4) is 0 Å². The first kappa shape index (κ1) is 16.5. The minimum absolute atomic E-state index is 0.233.